The summed E-state index contributed by atoms with van der Waals surface area (Å²) in [5.41, 5.74) is 0.547. The number of hydrogen-bond donors (Lipinski definition) is 0. The van der Waals surface area contributed by atoms with Gasteiger partial charge in [-0.15, -0.1) is 0 Å². The maximum atomic E-state index is 10.9. The van der Waals surface area contributed by atoms with E-state index in [4.69, 9.17) is 14.2 Å². The average molecular weight is 359 g/mol. The van der Waals surface area contributed by atoms with Gasteiger partial charge in [0.15, 0.2) is 11.5 Å². The highest BCUT2D eigenvalue weighted by Gasteiger charge is 2.12. The van der Waals surface area contributed by atoms with E-state index in [0.29, 0.717) is 47.3 Å². The van der Waals surface area contributed by atoms with Crippen molar-refractivity contribution in [3.05, 3.63) is 22.2 Å². The van der Waals surface area contributed by atoms with E-state index in [9.17, 15) is 4.79 Å². The Kier molecular flexibility index (Phi) is 8.38. The Hall–Kier alpha value is -1.07. The minimum atomic E-state index is 0.442. The summed E-state index contributed by atoms with van der Waals surface area (Å²) in [6.45, 7) is 8.44. The largest absolute Gasteiger partial charge is 0.490 e. The first-order valence-electron chi connectivity index (χ1n) is 7.20. The Labute approximate surface area is 134 Å². The highest BCUT2D eigenvalue weighted by atomic mass is 79.9. The van der Waals surface area contributed by atoms with Gasteiger partial charge in [0.05, 0.1) is 17.7 Å². The monoisotopic (exact) mass is 358 g/mol. The Bertz CT molecular complexity index is 446. The molecule has 0 aliphatic rings. The zero-order valence-corrected chi connectivity index (χ0v) is 14.4. The van der Waals surface area contributed by atoms with Crippen molar-refractivity contribution in [3.63, 3.8) is 0 Å². The molecule has 0 spiro atoms. The van der Waals surface area contributed by atoms with Gasteiger partial charge in [0, 0.05) is 12.2 Å². The number of ether oxygens (including phenoxy) is 3. The molecule has 4 nitrogen and oxygen atoms in total. The minimum absolute atomic E-state index is 0.442. The molecule has 0 aromatic heterocycles. The molecule has 0 unspecified atom stereocenters. The number of benzene rings is 1. The molecule has 118 valence electrons. The number of hydrogen-bond acceptors (Lipinski definition) is 4. The Morgan fingerprint density at radius 2 is 1.95 bits per heavy atom. The third-order valence-electron chi connectivity index (χ3n) is 2.78. The summed E-state index contributed by atoms with van der Waals surface area (Å²) < 4.78 is 17.4. The van der Waals surface area contributed by atoms with Crippen LogP contribution in [0, 0.1) is 5.92 Å². The van der Waals surface area contributed by atoms with Crippen LogP contribution in [0.4, 0.5) is 0 Å². The van der Waals surface area contributed by atoms with Gasteiger partial charge in [-0.3, -0.25) is 4.79 Å². The van der Waals surface area contributed by atoms with Gasteiger partial charge in [0.25, 0.3) is 0 Å². The Balaban J connectivity index is 2.55. The SMILES string of the molecule is CCOc1cc(C=O)cc(Br)c1OCCOCCC(C)C. The number of carbonyl (C=O) groups excluding carboxylic acids is 1. The van der Waals surface area contributed by atoms with E-state index in [1.54, 1.807) is 12.1 Å². The second-order valence-electron chi connectivity index (χ2n) is 5.02. The molecule has 0 radical (unpaired) electrons. The molecule has 0 amide bonds. The van der Waals surface area contributed by atoms with Crippen molar-refractivity contribution in [3.8, 4) is 11.5 Å². The van der Waals surface area contributed by atoms with Crippen LogP contribution >= 0.6 is 15.9 Å². The molecule has 0 saturated carbocycles. The van der Waals surface area contributed by atoms with Crippen LogP contribution in [-0.2, 0) is 4.74 Å². The van der Waals surface area contributed by atoms with Crippen LogP contribution in [0.1, 0.15) is 37.6 Å². The van der Waals surface area contributed by atoms with Crippen LogP contribution in [0.15, 0.2) is 16.6 Å². The Morgan fingerprint density at radius 3 is 2.57 bits per heavy atom. The standard InChI is InChI=1S/C16H23BrO4/c1-4-20-15-10-13(11-18)9-14(17)16(15)21-8-7-19-6-5-12(2)3/h9-12H,4-8H2,1-3H3. The lowest BCUT2D eigenvalue weighted by atomic mass is 10.1. The van der Waals surface area contributed by atoms with Crippen molar-refractivity contribution in [2.45, 2.75) is 27.2 Å². The van der Waals surface area contributed by atoms with E-state index in [2.05, 4.69) is 29.8 Å². The molecule has 0 atom stereocenters. The van der Waals surface area contributed by atoms with Gasteiger partial charge in [-0.05, 0) is 47.3 Å². The summed E-state index contributed by atoms with van der Waals surface area (Å²) in [6, 6.07) is 3.39. The van der Waals surface area contributed by atoms with Crippen molar-refractivity contribution in [2.24, 2.45) is 5.92 Å². The summed E-state index contributed by atoms with van der Waals surface area (Å²) in [4.78, 5) is 10.9. The summed E-state index contributed by atoms with van der Waals surface area (Å²) >= 11 is 3.41. The van der Waals surface area contributed by atoms with Gasteiger partial charge in [-0.1, -0.05) is 13.8 Å². The number of halogens is 1. The average Bonchev–Trinajstić information content (AvgIpc) is 2.44. The van der Waals surface area contributed by atoms with E-state index in [-0.39, 0.29) is 0 Å². The number of carbonyl (C=O) groups is 1. The van der Waals surface area contributed by atoms with E-state index in [1.807, 2.05) is 6.92 Å². The van der Waals surface area contributed by atoms with E-state index < -0.39 is 0 Å². The molecule has 0 N–H and O–H groups in total. The second kappa shape index (κ2) is 9.79. The van der Waals surface area contributed by atoms with Crippen LogP contribution in [0.5, 0.6) is 11.5 Å². The molecule has 1 rings (SSSR count). The lowest BCUT2D eigenvalue weighted by molar-refractivity contribution is 0.0911. The number of aldehydes is 1. The maximum absolute atomic E-state index is 10.9. The lowest BCUT2D eigenvalue weighted by Gasteiger charge is -2.14. The molecule has 0 aliphatic carbocycles. The van der Waals surface area contributed by atoms with E-state index in [1.165, 1.54) is 0 Å². The maximum Gasteiger partial charge on any atom is 0.175 e. The fourth-order valence-electron chi connectivity index (χ4n) is 1.68. The van der Waals surface area contributed by atoms with Gasteiger partial charge in [0.2, 0.25) is 0 Å². The Morgan fingerprint density at radius 1 is 1.19 bits per heavy atom. The number of rotatable bonds is 10. The summed E-state index contributed by atoms with van der Waals surface area (Å²) in [7, 11) is 0. The lowest BCUT2D eigenvalue weighted by Crippen LogP contribution is -2.10. The molecule has 1 aromatic rings. The highest BCUT2D eigenvalue weighted by molar-refractivity contribution is 9.10. The molecular weight excluding hydrogens is 336 g/mol. The smallest absolute Gasteiger partial charge is 0.175 e. The molecule has 0 heterocycles. The highest BCUT2D eigenvalue weighted by Crippen LogP contribution is 2.36. The molecule has 21 heavy (non-hydrogen) atoms. The quantitative estimate of drug-likeness (QED) is 0.466. The van der Waals surface area contributed by atoms with Crippen molar-refractivity contribution >= 4 is 22.2 Å². The zero-order chi connectivity index (χ0) is 15.7. The normalized spacial score (nSPS) is 10.7. The molecule has 5 heteroatoms. The topological polar surface area (TPSA) is 44.8 Å². The van der Waals surface area contributed by atoms with Crippen LogP contribution in [-0.4, -0.2) is 32.7 Å². The first-order valence-corrected chi connectivity index (χ1v) is 7.99. The fraction of sp³-hybridized carbons (Fsp3) is 0.562. The van der Waals surface area contributed by atoms with Crippen molar-refractivity contribution in [2.75, 3.05) is 26.4 Å². The third-order valence-corrected chi connectivity index (χ3v) is 3.37. The van der Waals surface area contributed by atoms with Crippen LogP contribution < -0.4 is 9.47 Å². The molecular formula is C16H23BrO4. The molecule has 0 saturated heterocycles. The summed E-state index contributed by atoms with van der Waals surface area (Å²) in [5.74, 6) is 1.81. The second-order valence-corrected chi connectivity index (χ2v) is 5.88. The molecule has 0 fully saturated rings. The van der Waals surface area contributed by atoms with Gasteiger partial charge < -0.3 is 14.2 Å². The van der Waals surface area contributed by atoms with Crippen molar-refractivity contribution in [1.82, 2.24) is 0 Å². The first kappa shape index (κ1) is 18.0. The van der Waals surface area contributed by atoms with Crippen LogP contribution in [0.2, 0.25) is 0 Å². The predicted molar refractivity (Wildman–Crippen MR) is 86.5 cm³/mol. The summed E-state index contributed by atoms with van der Waals surface area (Å²) in [6.07, 6.45) is 1.83. The van der Waals surface area contributed by atoms with Gasteiger partial charge >= 0.3 is 0 Å². The third kappa shape index (κ3) is 6.48. The van der Waals surface area contributed by atoms with Crippen molar-refractivity contribution < 1.29 is 19.0 Å². The fourth-order valence-corrected chi connectivity index (χ4v) is 2.26. The predicted octanol–water partition coefficient (Wildman–Crippen LogP) is 4.10. The van der Waals surface area contributed by atoms with E-state index in [0.717, 1.165) is 19.3 Å². The zero-order valence-electron chi connectivity index (χ0n) is 12.9. The molecule has 0 bridgehead atoms. The van der Waals surface area contributed by atoms with Crippen molar-refractivity contribution in [1.29, 1.82) is 0 Å². The van der Waals surface area contributed by atoms with Gasteiger partial charge in [0.1, 0.15) is 12.9 Å². The summed E-state index contributed by atoms with van der Waals surface area (Å²) in [5, 5.41) is 0. The van der Waals surface area contributed by atoms with Crippen LogP contribution in [0.3, 0.4) is 0 Å². The molecule has 0 aliphatic heterocycles. The van der Waals surface area contributed by atoms with E-state index >= 15 is 0 Å². The van der Waals surface area contributed by atoms with Gasteiger partial charge in [-0.25, -0.2) is 0 Å². The minimum Gasteiger partial charge on any atom is -0.490 e. The molecule has 1 aromatic carbocycles. The van der Waals surface area contributed by atoms with Crippen LogP contribution in [0.25, 0.3) is 0 Å². The first-order chi connectivity index (χ1) is 10.1. The van der Waals surface area contributed by atoms with Gasteiger partial charge in [-0.2, -0.15) is 0 Å².